The molecular formula is C13H20N4. The van der Waals surface area contributed by atoms with Crippen LogP contribution in [0.2, 0.25) is 0 Å². The summed E-state index contributed by atoms with van der Waals surface area (Å²) in [6.45, 7) is 10.6. The van der Waals surface area contributed by atoms with Crippen LogP contribution in [0.4, 0.5) is 0 Å². The van der Waals surface area contributed by atoms with Gasteiger partial charge >= 0.3 is 0 Å². The lowest BCUT2D eigenvalue weighted by Gasteiger charge is -2.15. The molecule has 0 aromatic carbocycles. The Morgan fingerprint density at radius 2 is 2.00 bits per heavy atom. The number of nitrogens with zero attached hydrogens (tertiary/aromatic N) is 3. The SMILES string of the molecule is CCC(C)c1nc2nc(C(C)(C)C)ncc2[nH]1. The number of aromatic nitrogens is 4. The number of fused-ring (bicyclic) bond motifs is 1. The number of nitrogens with one attached hydrogen (secondary N) is 1. The van der Waals surface area contributed by atoms with Crippen molar-refractivity contribution >= 4 is 11.2 Å². The normalized spacial score (nSPS) is 14.2. The Morgan fingerprint density at radius 1 is 1.29 bits per heavy atom. The van der Waals surface area contributed by atoms with Gasteiger partial charge in [-0.05, 0) is 6.42 Å². The van der Waals surface area contributed by atoms with Crippen LogP contribution < -0.4 is 0 Å². The van der Waals surface area contributed by atoms with E-state index >= 15 is 0 Å². The number of H-pyrrole nitrogens is 1. The lowest BCUT2D eigenvalue weighted by Crippen LogP contribution is -2.15. The summed E-state index contributed by atoms with van der Waals surface area (Å²) in [6, 6.07) is 0. The second-order valence-corrected chi connectivity index (χ2v) is 5.61. The smallest absolute Gasteiger partial charge is 0.181 e. The first-order chi connectivity index (χ1) is 7.91. The van der Waals surface area contributed by atoms with Gasteiger partial charge in [0, 0.05) is 11.3 Å². The van der Waals surface area contributed by atoms with Crippen LogP contribution >= 0.6 is 0 Å². The van der Waals surface area contributed by atoms with Crippen LogP contribution in [0.25, 0.3) is 11.2 Å². The van der Waals surface area contributed by atoms with Crippen molar-refractivity contribution in [3.8, 4) is 0 Å². The minimum absolute atomic E-state index is 0.0380. The summed E-state index contributed by atoms with van der Waals surface area (Å²) >= 11 is 0. The van der Waals surface area contributed by atoms with Crippen LogP contribution in [-0.4, -0.2) is 19.9 Å². The van der Waals surface area contributed by atoms with Gasteiger partial charge in [0.2, 0.25) is 0 Å². The predicted octanol–water partition coefficient (Wildman–Crippen LogP) is 3.16. The minimum atomic E-state index is -0.0380. The zero-order valence-electron chi connectivity index (χ0n) is 11.2. The predicted molar refractivity (Wildman–Crippen MR) is 69.1 cm³/mol. The van der Waals surface area contributed by atoms with Crippen molar-refractivity contribution in [2.45, 2.75) is 52.4 Å². The van der Waals surface area contributed by atoms with Crippen LogP contribution in [0.3, 0.4) is 0 Å². The number of imidazole rings is 1. The zero-order valence-corrected chi connectivity index (χ0v) is 11.2. The van der Waals surface area contributed by atoms with Gasteiger partial charge in [-0.1, -0.05) is 34.6 Å². The Hall–Kier alpha value is -1.45. The van der Waals surface area contributed by atoms with Crippen LogP contribution in [0.5, 0.6) is 0 Å². The number of hydrogen-bond donors (Lipinski definition) is 1. The van der Waals surface area contributed by atoms with E-state index < -0.39 is 0 Å². The number of rotatable bonds is 2. The Balaban J connectivity index is 2.48. The van der Waals surface area contributed by atoms with Crippen LogP contribution in [0, 0.1) is 0 Å². The Labute approximate surface area is 102 Å². The number of aromatic amines is 1. The first-order valence-electron chi connectivity index (χ1n) is 6.15. The fraction of sp³-hybridized carbons (Fsp3) is 0.615. The van der Waals surface area contributed by atoms with E-state index in [9.17, 15) is 0 Å². The third-order valence-electron chi connectivity index (χ3n) is 3.01. The van der Waals surface area contributed by atoms with Crippen molar-refractivity contribution in [1.29, 1.82) is 0 Å². The van der Waals surface area contributed by atoms with Gasteiger partial charge in [-0.3, -0.25) is 0 Å². The van der Waals surface area contributed by atoms with Crippen LogP contribution in [-0.2, 0) is 5.41 Å². The molecule has 4 heteroatoms. The van der Waals surface area contributed by atoms with Crippen molar-refractivity contribution in [3.63, 3.8) is 0 Å². The molecule has 2 rings (SSSR count). The molecule has 2 aromatic rings. The molecule has 2 heterocycles. The summed E-state index contributed by atoms with van der Waals surface area (Å²) in [5.41, 5.74) is 1.66. The molecule has 0 aliphatic rings. The minimum Gasteiger partial charge on any atom is -0.339 e. The summed E-state index contributed by atoms with van der Waals surface area (Å²) in [5.74, 6) is 2.28. The molecule has 0 spiro atoms. The summed E-state index contributed by atoms with van der Waals surface area (Å²) in [7, 11) is 0. The van der Waals surface area contributed by atoms with Gasteiger partial charge in [-0.25, -0.2) is 15.0 Å². The molecule has 0 saturated heterocycles. The highest BCUT2D eigenvalue weighted by Crippen LogP contribution is 2.22. The number of hydrogen-bond acceptors (Lipinski definition) is 3. The van der Waals surface area contributed by atoms with Crippen molar-refractivity contribution in [2.75, 3.05) is 0 Å². The molecule has 17 heavy (non-hydrogen) atoms. The van der Waals surface area contributed by atoms with Gasteiger partial charge < -0.3 is 4.98 Å². The van der Waals surface area contributed by atoms with Crippen molar-refractivity contribution in [3.05, 3.63) is 17.8 Å². The third kappa shape index (κ3) is 2.30. The van der Waals surface area contributed by atoms with Crippen LogP contribution in [0.15, 0.2) is 6.20 Å². The molecule has 92 valence electrons. The maximum atomic E-state index is 4.55. The van der Waals surface area contributed by atoms with Crippen LogP contribution in [0.1, 0.15) is 58.6 Å². The zero-order chi connectivity index (χ0) is 12.6. The lowest BCUT2D eigenvalue weighted by molar-refractivity contribution is 0.548. The summed E-state index contributed by atoms with van der Waals surface area (Å²) in [4.78, 5) is 16.8. The first-order valence-corrected chi connectivity index (χ1v) is 6.15. The fourth-order valence-electron chi connectivity index (χ4n) is 1.61. The quantitative estimate of drug-likeness (QED) is 0.865. The molecule has 0 aliphatic carbocycles. The van der Waals surface area contributed by atoms with Crippen molar-refractivity contribution < 1.29 is 0 Å². The monoisotopic (exact) mass is 232 g/mol. The van der Waals surface area contributed by atoms with E-state index in [0.29, 0.717) is 5.92 Å². The Kier molecular flexibility index (Phi) is 2.89. The van der Waals surface area contributed by atoms with Gasteiger partial charge in [0.1, 0.15) is 17.2 Å². The largest absolute Gasteiger partial charge is 0.339 e. The fourth-order valence-corrected chi connectivity index (χ4v) is 1.61. The van der Waals surface area contributed by atoms with Gasteiger partial charge in [0.15, 0.2) is 5.65 Å². The van der Waals surface area contributed by atoms with Gasteiger partial charge in [-0.15, -0.1) is 0 Å². The van der Waals surface area contributed by atoms with Gasteiger partial charge in [0.05, 0.1) is 6.20 Å². The molecule has 2 aromatic heterocycles. The highest BCUT2D eigenvalue weighted by atomic mass is 15.0. The second-order valence-electron chi connectivity index (χ2n) is 5.61. The molecule has 1 N–H and O–H groups in total. The standard InChI is InChI=1S/C13H20N4/c1-6-8(2)10-15-9-7-14-12(13(3,4)5)17-11(9)16-10/h7-8H,6H2,1-5H3,(H,14,15,16,17). The third-order valence-corrected chi connectivity index (χ3v) is 3.01. The van der Waals surface area contributed by atoms with E-state index in [0.717, 1.165) is 29.2 Å². The average molecular weight is 232 g/mol. The molecular weight excluding hydrogens is 212 g/mol. The molecule has 0 bridgehead atoms. The van der Waals surface area contributed by atoms with E-state index in [1.165, 1.54) is 0 Å². The molecule has 0 fully saturated rings. The average Bonchev–Trinajstić information content (AvgIpc) is 2.69. The lowest BCUT2D eigenvalue weighted by atomic mass is 9.96. The molecule has 1 atom stereocenters. The highest BCUT2D eigenvalue weighted by molar-refractivity contribution is 5.69. The topological polar surface area (TPSA) is 54.5 Å². The molecule has 1 unspecified atom stereocenters. The van der Waals surface area contributed by atoms with Gasteiger partial charge in [-0.2, -0.15) is 0 Å². The van der Waals surface area contributed by atoms with Gasteiger partial charge in [0.25, 0.3) is 0 Å². The molecule has 4 nitrogen and oxygen atoms in total. The second kappa shape index (κ2) is 4.09. The summed E-state index contributed by atoms with van der Waals surface area (Å²) < 4.78 is 0. The molecule has 0 aliphatic heterocycles. The maximum absolute atomic E-state index is 4.55. The Morgan fingerprint density at radius 3 is 2.59 bits per heavy atom. The van der Waals surface area contributed by atoms with E-state index in [-0.39, 0.29) is 5.41 Å². The Bertz CT molecular complexity index is 522. The van der Waals surface area contributed by atoms with Crippen molar-refractivity contribution in [1.82, 2.24) is 19.9 Å². The molecule has 0 radical (unpaired) electrons. The first kappa shape index (κ1) is 12.0. The van der Waals surface area contributed by atoms with E-state index in [1.807, 2.05) is 6.20 Å². The van der Waals surface area contributed by atoms with E-state index in [2.05, 4.69) is 54.6 Å². The van der Waals surface area contributed by atoms with E-state index in [1.54, 1.807) is 0 Å². The molecule has 0 amide bonds. The highest BCUT2D eigenvalue weighted by Gasteiger charge is 2.19. The molecule has 0 saturated carbocycles. The van der Waals surface area contributed by atoms with Crippen molar-refractivity contribution in [2.24, 2.45) is 0 Å². The summed E-state index contributed by atoms with van der Waals surface area (Å²) in [5, 5.41) is 0. The van der Waals surface area contributed by atoms with E-state index in [4.69, 9.17) is 0 Å². The summed E-state index contributed by atoms with van der Waals surface area (Å²) in [6.07, 6.45) is 2.90. The maximum Gasteiger partial charge on any atom is 0.181 e.